The number of nitrogens with zero attached hydrogens (tertiary/aromatic N) is 6. The van der Waals surface area contributed by atoms with Crippen molar-refractivity contribution < 1.29 is 8.78 Å². The Morgan fingerprint density at radius 2 is 1.72 bits per heavy atom. The lowest BCUT2D eigenvalue weighted by molar-refractivity contribution is 0.0866. The van der Waals surface area contributed by atoms with Crippen LogP contribution in [0.4, 0.5) is 25.8 Å². The van der Waals surface area contributed by atoms with Crippen LogP contribution in [0.3, 0.4) is 0 Å². The van der Waals surface area contributed by atoms with Gasteiger partial charge in [-0.05, 0) is 75.6 Å². The molecule has 5 aromatic rings. The van der Waals surface area contributed by atoms with E-state index in [0.29, 0.717) is 43.7 Å². The molecule has 0 saturated carbocycles. The van der Waals surface area contributed by atoms with Crippen LogP contribution >= 0.6 is 23.2 Å². The maximum Gasteiger partial charge on any atom is 0.263 e. The number of fused-ring (bicyclic) bond motifs is 1. The highest BCUT2D eigenvalue weighted by molar-refractivity contribution is 6.32. The number of rotatable bonds is 8. The first kappa shape index (κ1) is 32.6. The van der Waals surface area contributed by atoms with E-state index in [4.69, 9.17) is 23.2 Å². The Balaban J connectivity index is 1.37. The number of hydrogen-bond donors (Lipinski definition) is 2. The third-order valence-electron chi connectivity index (χ3n) is 8.58. The van der Waals surface area contributed by atoms with Crippen molar-refractivity contribution in [3.05, 3.63) is 105 Å². The van der Waals surface area contributed by atoms with Crippen LogP contribution in [0.15, 0.2) is 73.1 Å². The fourth-order valence-corrected chi connectivity index (χ4v) is 6.38. The Bertz CT molecular complexity index is 1920. The number of pyridine rings is 1. The summed E-state index contributed by atoms with van der Waals surface area (Å²) in [5.41, 5.74) is 3.76. The van der Waals surface area contributed by atoms with Crippen LogP contribution in [0, 0.1) is 11.3 Å². The first-order valence-corrected chi connectivity index (χ1v) is 16.1. The number of aromatic nitrogens is 4. The quantitative estimate of drug-likeness (QED) is 0.169. The van der Waals surface area contributed by atoms with E-state index in [2.05, 4.69) is 57.7 Å². The first-order chi connectivity index (χ1) is 22.5. The number of anilines is 3. The van der Waals surface area contributed by atoms with Gasteiger partial charge in [-0.15, -0.1) is 5.10 Å². The fourth-order valence-electron chi connectivity index (χ4n) is 6.03. The molecule has 0 aliphatic carbocycles. The normalized spacial score (nSPS) is 15.1. The standard InChI is InChI=1S/C35H34Cl2F2N8/c1-35(2,3)46-13-11-27(12-14-46)47-20-30(44-45-47)32(21-7-9-24(36)10-8-21)43-29-17-25(37)16-28-31(23(18-40)19-41-33(28)29)42-26-6-4-5-22(15-26)34(38)39/h4-10,15-17,19-20,27,32,34,43H,11-14H2,1-3H3,(H,41,42)/t32-/m0/s1. The van der Waals surface area contributed by atoms with E-state index >= 15 is 0 Å². The lowest BCUT2D eigenvalue weighted by atomic mass is 9.98. The highest BCUT2D eigenvalue weighted by Gasteiger charge is 2.29. The van der Waals surface area contributed by atoms with E-state index in [1.807, 2.05) is 35.1 Å². The second-order valence-electron chi connectivity index (χ2n) is 12.7. The molecule has 0 bridgehead atoms. The molecule has 47 heavy (non-hydrogen) atoms. The molecule has 12 heteroatoms. The summed E-state index contributed by atoms with van der Waals surface area (Å²) in [6.45, 7) is 8.68. The van der Waals surface area contributed by atoms with Gasteiger partial charge in [0, 0.05) is 51.5 Å². The molecule has 1 atom stereocenters. The molecule has 2 aromatic heterocycles. The van der Waals surface area contributed by atoms with Crippen LogP contribution in [-0.4, -0.2) is 43.5 Å². The van der Waals surface area contributed by atoms with E-state index in [0.717, 1.165) is 31.5 Å². The van der Waals surface area contributed by atoms with Gasteiger partial charge in [-0.25, -0.2) is 13.5 Å². The SMILES string of the molecule is CC(C)(C)N1CCC(n2cc([C@@H](Nc3cc(Cl)cc4c(Nc5cccc(C(F)F)c5)c(C#N)cnc34)c3ccc(Cl)cc3)nn2)CC1. The molecule has 1 aliphatic heterocycles. The molecule has 3 heterocycles. The molecule has 242 valence electrons. The highest BCUT2D eigenvalue weighted by atomic mass is 35.5. The molecular formula is C35H34Cl2F2N8. The van der Waals surface area contributed by atoms with Crippen molar-refractivity contribution >= 4 is 51.2 Å². The molecule has 0 unspecified atom stereocenters. The van der Waals surface area contributed by atoms with Gasteiger partial charge in [0.15, 0.2) is 0 Å². The van der Waals surface area contributed by atoms with Crippen molar-refractivity contribution in [1.29, 1.82) is 5.26 Å². The lowest BCUT2D eigenvalue weighted by Crippen LogP contribution is -2.46. The van der Waals surface area contributed by atoms with Crippen LogP contribution in [0.2, 0.25) is 10.0 Å². The smallest absolute Gasteiger partial charge is 0.263 e. The van der Waals surface area contributed by atoms with E-state index in [1.165, 1.54) is 24.4 Å². The lowest BCUT2D eigenvalue weighted by Gasteiger charge is -2.40. The number of alkyl halides is 2. The summed E-state index contributed by atoms with van der Waals surface area (Å²) in [7, 11) is 0. The second-order valence-corrected chi connectivity index (χ2v) is 13.6. The Morgan fingerprint density at radius 1 is 0.979 bits per heavy atom. The third-order valence-corrected chi connectivity index (χ3v) is 9.05. The molecule has 3 aromatic carbocycles. The summed E-state index contributed by atoms with van der Waals surface area (Å²) in [6.07, 6.45) is 2.75. The predicted molar refractivity (Wildman–Crippen MR) is 183 cm³/mol. The molecule has 8 nitrogen and oxygen atoms in total. The molecule has 6 rings (SSSR count). The van der Waals surface area contributed by atoms with Gasteiger partial charge >= 0.3 is 0 Å². The monoisotopic (exact) mass is 674 g/mol. The third kappa shape index (κ3) is 7.18. The molecule has 1 aliphatic rings. The number of nitriles is 1. The molecule has 1 fully saturated rings. The molecular weight excluding hydrogens is 641 g/mol. The zero-order valence-electron chi connectivity index (χ0n) is 26.2. The molecule has 1 saturated heterocycles. The van der Waals surface area contributed by atoms with Gasteiger partial charge in [0.05, 0.1) is 40.7 Å². The Labute approximate surface area is 282 Å². The van der Waals surface area contributed by atoms with Gasteiger partial charge in [0.25, 0.3) is 6.43 Å². The van der Waals surface area contributed by atoms with Crippen LogP contribution in [0.5, 0.6) is 0 Å². The summed E-state index contributed by atoms with van der Waals surface area (Å²) < 4.78 is 28.8. The second kappa shape index (κ2) is 13.4. The number of likely N-dealkylation sites (tertiary alicyclic amines) is 1. The van der Waals surface area contributed by atoms with Crippen LogP contribution in [0.25, 0.3) is 10.9 Å². The Kier molecular flexibility index (Phi) is 9.33. The van der Waals surface area contributed by atoms with Crippen molar-refractivity contribution in [3.63, 3.8) is 0 Å². The molecule has 0 spiro atoms. The van der Waals surface area contributed by atoms with Gasteiger partial charge in [0.2, 0.25) is 0 Å². The maximum atomic E-state index is 13.4. The van der Waals surface area contributed by atoms with E-state index in [9.17, 15) is 14.0 Å². The van der Waals surface area contributed by atoms with Crippen molar-refractivity contribution in [1.82, 2.24) is 24.9 Å². The summed E-state index contributed by atoms with van der Waals surface area (Å²) in [5.74, 6) is 0. The number of benzene rings is 3. The van der Waals surface area contributed by atoms with Crippen LogP contribution in [-0.2, 0) is 0 Å². The summed E-state index contributed by atoms with van der Waals surface area (Å²) in [5, 5.41) is 27.4. The largest absolute Gasteiger partial charge is 0.371 e. The van der Waals surface area contributed by atoms with Gasteiger partial charge in [-0.3, -0.25) is 9.88 Å². The number of piperidine rings is 1. The van der Waals surface area contributed by atoms with Crippen molar-refractivity contribution in [3.8, 4) is 6.07 Å². The van der Waals surface area contributed by atoms with E-state index in [1.54, 1.807) is 18.2 Å². The van der Waals surface area contributed by atoms with Gasteiger partial charge < -0.3 is 10.6 Å². The molecule has 0 amide bonds. The predicted octanol–water partition coefficient (Wildman–Crippen LogP) is 9.32. The van der Waals surface area contributed by atoms with Crippen LogP contribution < -0.4 is 10.6 Å². The first-order valence-electron chi connectivity index (χ1n) is 15.4. The minimum atomic E-state index is -2.63. The highest BCUT2D eigenvalue weighted by Crippen LogP contribution is 2.38. The zero-order valence-corrected chi connectivity index (χ0v) is 27.7. The van der Waals surface area contributed by atoms with Gasteiger partial charge in [-0.1, -0.05) is 52.7 Å². The fraction of sp³-hybridized carbons (Fsp3) is 0.314. The van der Waals surface area contributed by atoms with Gasteiger partial charge in [0.1, 0.15) is 11.8 Å². The topological polar surface area (TPSA) is 94.7 Å². The summed E-state index contributed by atoms with van der Waals surface area (Å²) >= 11 is 12.9. The number of halogens is 4. The Morgan fingerprint density at radius 3 is 2.40 bits per heavy atom. The maximum absolute atomic E-state index is 13.4. The molecule has 2 N–H and O–H groups in total. The average Bonchev–Trinajstić information content (AvgIpc) is 3.54. The van der Waals surface area contributed by atoms with E-state index < -0.39 is 12.5 Å². The minimum Gasteiger partial charge on any atom is -0.371 e. The van der Waals surface area contributed by atoms with E-state index in [-0.39, 0.29) is 22.7 Å². The van der Waals surface area contributed by atoms with Crippen molar-refractivity contribution in [2.75, 3.05) is 23.7 Å². The number of nitrogens with one attached hydrogen (secondary N) is 2. The molecule has 0 radical (unpaired) electrons. The average molecular weight is 676 g/mol. The summed E-state index contributed by atoms with van der Waals surface area (Å²) in [6, 6.07) is 18.8. The Hall–Kier alpha value is -4.30. The minimum absolute atomic E-state index is 0.120. The van der Waals surface area contributed by atoms with Gasteiger partial charge in [-0.2, -0.15) is 5.26 Å². The number of hydrogen-bond acceptors (Lipinski definition) is 7. The summed E-state index contributed by atoms with van der Waals surface area (Å²) in [4.78, 5) is 7.12. The van der Waals surface area contributed by atoms with Crippen molar-refractivity contribution in [2.24, 2.45) is 0 Å². The van der Waals surface area contributed by atoms with Crippen molar-refractivity contribution in [2.45, 2.75) is 57.7 Å². The zero-order chi connectivity index (χ0) is 33.3. The van der Waals surface area contributed by atoms with Crippen LogP contribution in [0.1, 0.15) is 74.5 Å².